The zero-order chi connectivity index (χ0) is 14.1. The minimum Gasteiger partial charge on any atom is -0.460 e. The number of carbonyl (C=O) groups excluding carboxylic acids is 2. The summed E-state index contributed by atoms with van der Waals surface area (Å²) in [5.41, 5.74) is -0.209. The van der Waals surface area contributed by atoms with E-state index in [9.17, 15) is 14.4 Å². The number of hydrogen-bond donors (Lipinski definition) is 2. The van der Waals surface area contributed by atoms with E-state index in [-0.39, 0.29) is 35.8 Å². The summed E-state index contributed by atoms with van der Waals surface area (Å²) in [6.45, 7) is 0.248. The summed E-state index contributed by atoms with van der Waals surface area (Å²) >= 11 is 0. The molecule has 7 nitrogen and oxygen atoms in total. The second kappa shape index (κ2) is 5.07. The Morgan fingerprint density at radius 1 is 1.40 bits per heavy atom. The Balaban J connectivity index is 1.64. The molecule has 2 heterocycles. The summed E-state index contributed by atoms with van der Waals surface area (Å²) in [7, 11) is 0. The van der Waals surface area contributed by atoms with Gasteiger partial charge in [-0.3, -0.25) is 14.4 Å². The molecular formula is C13H15N3O4. The van der Waals surface area contributed by atoms with Crippen LogP contribution in [-0.2, 0) is 9.53 Å². The third-order valence-corrected chi connectivity index (χ3v) is 3.42. The minimum absolute atomic E-state index is 0.111. The lowest BCUT2D eigenvalue weighted by atomic mass is 10.2. The van der Waals surface area contributed by atoms with Crippen LogP contribution in [0.3, 0.4) is 0 Å². The summed E-state index contributed by atoms with van der Waals surface area (Å²) in [6.07, 6.45) is 2.69. The number of cyclic esters (lactones) is 1. The molecular weight excluding hydrogens is 262 g/mol. The topological polar surface area (TPSA) is 101 Å². The highest BCUT2D eigenvalue weighted by molar-refractivity contribution is 5.92. The van der Waals surface area contributed by atoms with Crippen molar-refractivity contribution >= 4 is 11.9 Å². The largest absolute Gasteiger partial charge is 0.460 e. The lowest BCUT2D eigenvalue weighted by Crippen LogP contribution is -2.33. The average Bonchev–Trinajstić information content (AvgIpc) is 3.19. The lowest BCUT2D eigenvalue weighted by molar-refractivity contribution is -0.141. The zero-order valence-electron chi connectivity index (χ0n) is 10.8. The molecule has 106 valence electrons. The van der Waals surface area contributed by atoms with E-state index in [0.29, 0.717) is 18.7 Å². The number of ether oxygens (including phenoxy) is 1. The summed E-state index contributed by atoms with van der Waals surface area (Å²) in [5.74, 6) is 0.191. The molecule has 1 unspecified atom stereocenters. The fourth-order valence-electron chi connectivity index (χ4n) is 2.17. The van der Waals surface area contributed by atoms with Crippen LogP contribution in [0.1, 0.15) is 47.9 Å². The Kier molecular flexibility index (Phi) is 3.25. The second-order valence-corrected chi connectivity index (χ2v) is 5.15. The molecule has 1 saturated carbocycles. The first-order valence-electron chi connectivity index (χ1n) is 6.71. The van der Waals surface area contributed by atoms with Crippen molar-refractivity contribution in [3.63, 3.8) is 0 Å². The highest BCUT2D eigenvalue weighted by Crippen LogP contribution is 2.37. The van der Waals surface area contributed by atoms with Gasteiger partial charge in [-0.05, 0) is 19.3 Å². The van der Waals surface area contributed by atoms with E-state index < -0.39 is 5.91 Å². The first kappa shape index (κ1) is 12.8. The van der Waals surface area contributed by atoms with Crippen molar-refractivity contribution in [2.75, 3.05) is 6.54 Å². The van der Waals surface area contributed by atoms with Crippen LogP contribution in [0.25, 0.3) is 0 Å². The first-order valence-corrected chi connectivity index (χ1v) is 6.71. The van der Waals surface area contributed by atoms with Gasteiger partial charge in [0.25, 0.3) is 11.5 Å². The van der Waals surface area contributed by atoms with Crippen LogP contribution in [0.5, 0.6) is 0 Å². The van der Waals surface area contributed by atoms with E-state index in [2.05, 4.69) is 15.3 Å². The standard InChI is InChI=1S/C13H15N3O4/c17-10-5-9(15-12(16-10)7-1-2-7)13(19)14-6-8-3-4-11(18)20-8/h5,7-8H,1-4,6H2,(H,14,19)(H,15,16,17). The van der Waals surface area contributed by atoms with Crippen LogP contribution in [0.2, 0.25) is 0 Å². The molecule has 1 aromatic rings. The maximum atomic E-state index is 12.0. The van der Waals surface area contributed by atoms with E-state index in [1.165, 1.54) is 6.07 Å². The molecule has 0 aromatic carbocycles. The molecule has 1 atom stereocenters. The predicted molar refractivity (Wildman–Crippen MR) is 68.3 cm³/mol. The van der Waals surface area contributed by atoms with Crippen molar-refractivity contribution in [1.82, 2.24) is 15.3 Å². The number of carbonyl (C=O) groups is 2. The molecule has 7 heteroatoms. The van der Waals surface area contributed by atoms with E-state index in [4.69, 9.17) is 4.74 Å². The van der Waals surface area contributed by atoms with Gasteiger partial charge in [0.2, 0.25) is 0 Å². The fraction of sp³-hybridized carbons (Fsp3) is 0.538. The SMILES string of the molecule is O=C1CCC(CNC(=O)c2cc(=O)[nH]c(C3CC3)n2)O1. The molecule has 1 amide bonds. The molecule has 1 aliphatic carbocycles. The van der Waals surface area contributed by atoms with E-state index in [1.54, 1.807) is 0 Å². The summed E-state index contributed by atoms with van der Waals surface area (Å²) < 4.78 is 5.00. The normalized spacial score (nSPS) is 21.6. The molecule has 0 spiro atoms. The molecule has 2 N–H and O–H groups in total. The van der Waals surface area contributed by atoms with Gasteiger partial charge in [0.15, 0.2) is 0 Å². The Morgan fingerprint density at radius 2 is 2.20 bits per heavy atom. The van der Waals surface area contributed by atoms with Crippen molar-refractivity contribution in [3.8, 4) is 0 Å². The van der Waals surface area contributed by atoms with Crippen LogP contribution < -0.4 is 10.9 Å². The fourth-order valence-corrected chi connectivity index (χ4v) is 2.17. The van der Waals surface area contributed by atoms with Crippen molar-refractivity contribution < 1.29 is 14.3 Å². The van der Waals surface area contributed by atoms with Gasteiger partial charge in [-0.15, -0.1) is 0 Å². The van der Waals surface area contributed by atoms with E-state index in [0.717, 1.165) is 12.8 Å². The number of nitrogens with zero attached hydrogens (tertiary/aromatic N) is 1. The molecule has 0 radical (unpaired) electrons. The van der Waals surface area contributed by atoms with Gasteiger partial charge in [0.1, 0.15) is 17.6 Å². The van der Waals surface area contributed by atoms with Gasteiger partial charge >= 0.3 is 5.97 Å². The second-order valence-electron chi connectivity index (χ2n) is 5.15. The quantitative estimate of drug-likeness (QED) is 0.759. The third kappa shape index (κ3) is 2.87. The Labute approximate surface area is 114 Å². The molecule has 2 aliphatic rings. The number of aromatic amines is 1. The van der Waals surface area contributed by atoms with Crippen molar-refractivity contribution in [2.45, 2.75) is 37.7 Å². The van der Waals surface area contributed by atoms with E-state index >= 15 is 0 Å². The third-order valence-electron chi connectivity index (χ3n) is 3.42. The van der Waals surface area contributed by atoms with Gasteiger partial charge in [-0.2, -0.15) is 0 Å². The van der Waals surface area contributed by atoms with Crippen LogP contribution in [0.15, 0.2) is 10.9 Å². The number of esters is 1. The Hall–Kier alpha value is -2.18. The number of aromatic nitrogens is 2. The predicted octanol–water partition coefficient (Wildman–Crippen LogP) is 0.0827. The van der Waals surface area contributed by atoms with Crippen LogP contribution in [-0.4, -0.2) is 34.5 Å². The number of amides is 1. The number of rotatable bonds is 4. The number of hydrogen-bond acceptors (Lipinski definition) is 5. The molecule has 1 aliphatic heterocycles. The minimum atomic E-state index is -0.416. The molecule has 1 aromatic heterocycles. The molecule has 3 rings (SSSR count). The Morgan fingerprint density at radius 3 is 2.85 bits per heavy atom. The molecule has 20 heavy (non-hydrogen) atoms. The van der Waals surface area contributed by atoms with E-state index in [1.807, 2.05) is 0 Å². The van der Waals surface area contributed by atoms with Gasteiger partial charge in [0, 0.05) is 18.4 Å². The summed E-state index contributed by atoms with van der Waals surface area (Å²) in [4.78, 5) is 41.2. The zero-order valence-corrected chi connectivity index (χ0v) is 10.8. The smallest absolute Gasteiger partial charge is 0.306 e. The van der Waals surface area contributed by atoms with Crippen LogP contribution >= 0.6 is 0 Å². The lowest BCUT2D eigenvalue weighted by Gasteiger charge is -2.10. The molecule has 2 fully saturated rings. The van der Waals surface area contributed by atoms with Crippen molar-refractivity contribution in [2.24, 2.45) is 0 Å². The Bertz CT molecular complexity index is 606. The van der Waals surface area contributed by atoms with Crippen LogP contribution in [0, 0.1) is 0 Å². The maximum Gasteiger partial charge on any atom is 0.306 e. The van der Waals surface area contributed by atoms with Crippen molar-refractivity contribution in [1.29, 1.82) is 0 Å². The molecule has 1 saturated heterocycles. The average molecular weight is 277 g/mol. The number of H-pyrrole nitrogens is 1. The summed E-state index contributed by atoms with van der Waals surface area (Å²) in [6, 6.07) is 1.18. The van der Waals surface area contributed by atoms with Gasteiger partial charge in [-0.1, -0.05) is 0 Å². The first-order chi connectivity index (χ1) is 9.61. The highest BCUT2D eigenvalue weighted by Gasteiger charge is 2.27. The number of nitrogens with one attached hydrogen (secondary N) is 2. The summed E-state index contributed by atoms with van der Waals surface area (Å²) in [5, 5.41) is 2.64. The highest BCUT2D eigenvalue weighted by atomic mass is 16.5. The van der Waals surface area contributed by atoms with Gasteiger partial charge in [-0.25, -0.2) is 4.98 Å². The van der Waals surface area contributed by atoms with Gasteiger partial charge in [0.05, 0.1) is 6.54 Å². The van der Waals surface area contributed by atoms with Crippen molar-refractivity contribution in [3.05, 3.63) is 27.9 Å². The molecule has 0 bridgehead atoms. The maximum absolute atomic E-state index is 12.0. The van der Waals surface area contributed by atoms with Crippen LogP contribution in [0.4, 0.5) is 0 Å². The monoisotopic (exact) mass is 277 g/mol. The van der Waals surface area contributed by atoms with Gasteiger partial charge < -0.3 is 15.0 Å².